The molecule has 0 aliphatic rings. The standard InChI is InChI=1S/C12H15BrN4OS/c1-8(2)10(4-17-7-14-6-15-17)16-12(18)11-3-9(13)5-19-11/h3,5-8,10H,4H2,1-2H3,(H,16,18)/t10-/m0/s1. The minimum Gasteiger partial charge on any atom is -0.346 e. The third-order valence-corrected chi connectivity index (χ3v) is 4.45. The van der Waals surface area contributed by atoms with E-state index in [4.69, 9.17) is 0 Å². The number of hydrogen-bond donors (Lipinski definition) is 1. The van der Waals surface area contributed by atoms with Crippen LogP contribution in [0.15, 0.2) is 28.6 Å². The normalized spacial score (nSPS) is 12.6. The fourth-order valence-corrected chi connectivity index (χ4v) is 2.95. The lowest BCUT2D eigenvalue weighted by molar-refractivity contribution is 0.0923. The van der Waals surface area contributed by atoms with Crippen LogP contribution < -0.4 is 5.32 Å². The molecule has 0 bridgehead atoms. The average molecular weight is 343 g/mol. The van der Waals surface area contributed by atoms with Crippen molar-refractivity contribution in [3.63, 3.8) is 0 Å². The first kappa shape index (κ1) is 14.2. The van der Waals surface area contributed by atoms with Gasteiger partial charge in [0.25, 0.3) is 5.91 Å². The number of thiophene rings is 1. The van der Waals surface area contributed by atoms with Crippen LogP contribution in [0.3, 0.4) is 0 Å². The van der Waals surface area contributed by atoms with E-state index in [1.807, 2.05) is 11.4 Å². The van der Waals surface area contributed by atoms with Crippen LogP contribution >= 0.6 is 27.3 Å². The minimum atomic E-state index is -0.0467. The van der Waals surface area contributed by atoms with Crippen LogP contribution in [0.5, 0.6) is 0 Å². The highest BCUT2D eigenvalue weighted by atomic mass is 79.9. The highest BCUT2D eigenvalue weighted by Crippen LogP contribution is 2.20. The Bertz CT molecular complexity index is 538. The summed E-state index contributed by atoms with van der Waals surface area (Å²) in [6.45, 7) is 4.77. The maximum absolute atomic E-state index is 12.1. The zero-order valence-corrected chi connectivity index (χ0v) is 13.1. The summed E-state index contributed by atoms with van der Waals surface area (Å²) in [5, 5.41) is 9.02. The van der Waals surface area contributed by atoms with Crippen molar-refractivity contribution in [1.29, 1.82) is 0 Å². The van der Waals surface area contributed by atoms with Crippen LogP contribution in [-0.2, 0) is 6.54 Å². The molecule has 0 aliphatic heterocycles. The van der Waals surface area contributed by atoms with Gasteiger partial charge in [0.2, 0.25) is 0 Å². The van der Waals surface area contributed by atoms with E-state index in [9.17, 15) is 4.79 Å². The Morgan fingerprint density at radius 1 is 1.58 bits per heavy atom. The van der Waals surface area contributed by atoms with Crippen LogP contribution in [0, 0.1) is 5.92 Å². The largest absolute Gasteiger partial charge is 0.346 e. The van der Waals surface area contributed by atoms with Gasteiger partial charge in [0.05, 0.1) is 17.5 Å². The predicted molar refractivity (Wildman–Crippen MR) is 78.1 cm³/mol. The van der Waals surface area contributed by atoms with Gasteiger partial charge in [-0.05, 0) is 27.9 Å². The van der Waals surface area contributed by atoms with E-state index in [0.717, 1.165) is 4.47 Å². The second-order valence-electron chi connectivity index (χ2n) is 4.57. The topological polar surface area (TPSA) is 59.8 Å². The molecule has 5 nitrogen and oxygen atoms in total. The number of nitrogens with zero attached hydrogens (tertiary/aromatic N) is 3. The van der Waals surface area contributed by atoms with Crippen LogP contribution in [0.2, 0.25) is 0 Å². The third kappa shape index (κ3) is 3.87. The Balaban J connectivity index is 2.02. The number of amides is 1. The summed E-state index contributed by atoms with van der Waals surface area (Å²) in [6, 6.07) is 1.85. The van der Waals surface area contributed by atoms with E-state index in [1.54, 1.807) is 11.0 Å². The second-order valence-corrected chi connectivity index (χ2v) is 6.40. The van der Waals surface area contributed by atoms with Gasteiger partial charge in [0.1, 0.15) is 12.7 Å². The molecule has 0 saturated carbocycles. The highest BCUT2D eigenvalue weighted by molar-refractivity contribution is 9.10. The smallest absolute Gasteiger partial charge is 0.261 e. The first-order valence-corrected chi connectivity index (χ1v) is 7.61. The van der Waals surface area contributed by atoms with E-state index < -0.39 is 0 Å². The lowest BCUT2D eigenvalue weighted by atomic mass is 10.0. The molecular weight excluding hydrogens is 328 g/mol. The van der Waals surface area contributed by atoms with Crippen molar-refractivity contribution in [3.8, 4) is 0 Å². The maximum Gasteiger partial charge on any atom is 0.261 e. The molecule has 0 radical (unpaired) electrons. The monoisotopic (exact) mass is 342 g/mol. The summed E-state index contributed by atoms with van der Waals surface area (Å²) in [5.41, 5.74) is 0. The Morgan fingerprint density at radius 2 is 2.37 bits per heavy atom. The summed E-state index contributed by atoms with van der Waals surface area (Å²) in [5.74, 6) is 0.270. The Labute approximate surface area is 124 Å². The molecule has 0 fully saturated rings. The van der Waals surface area contributed by atoms with Crippen molar-refractivity contribution in [3.05, 3.63) is 33.5 Å². The van der Waals surface area contributed by atoms with Crippen molar-refractivity contribution < 1.29 is 4.79 Å². The van der Waals surface area contributed by atoms with Gasteiger partial charge in [-0.1, -0.05) is 13.8 Å². The Hall–Kier alpha value is -1.21. The van der Waals surface area contributed by atoms with Gasteiger partial charge >= 0.3 is 0 Å². The molecule has 1 amide bonds. The number of carbonyl (C=O) groups excluding carboxylic acids is 1. The van der Waals surface area contributed by atoms with Gasteiger partial charge in [-0.25, -0.2) is 4.98 Å². The summed E-state index contributed by atoms with van der Waals surface area (Å²) in [7, 11) is 0. The molecule has 1 N–H and O–H groups in total. The molecule has 0 spiro atoms. The van der Waals surface area contributed by atoms with Gasteiger partial charge in [0, 0.05) is 9.85 Å². The van der Waals surface area contributed by atoms with Crippen molar-refractivity contribution in [1.82, 2.24) is 20.1 Å². The number of carbonyl (C=O) groups is 1. The van der Waals surface area contributed by atoms with Gasteiger partial charge in [0.15, 0.2) is 0 Å². The van der Waals surface area contributed by atoms with E-state index in [0.29, 0.717) is 17.3 Å². The van der Waals surface area contributed by atoms with Crippen LogP contribution in [0.4, 0.5) is 0 Å². The van der Waals surface area contributed by atoms with Gasteiger partial charge in [-0.3, -0.25) is 9.48 Å². The van der Waals surface area contributed by atoms with Crippen LogP contribution in [0.1, 0.15) is 23.5 Å². The molecule has 2 heterocycles. The van der Waals surface area contributed by atoms with Gasteiger partial charge in [-0.2, -0.15) is 5.10 Å². The SMILES string of the molecule is CC(C)[C@H](Cn1cncn1)NC(=O)c1cc(Br)cs1. The summed E-state index contributed by atoms with van der Waals surface area (Å²) >= 11 is 4.78. The second kappa shape index (κ2) is 6.29. The Morgan fingerprint density at radius 3 is 2.89 bits per heavy atom. The average Bonchev–Trinajstić information content (AvgIpc) is 2.99. The van der Waals surface area contributed by atoms with Crippen LogP contribution in [-0.4, -0.2) is 26.7 Å². The molecular formula is C12H15BrN4OS. The van der Waals surface area contributed by atoms with Crippen molar-refractivity contribution >= 4 is 33.2 Å². The summed E-state index contributed by atoms with van der Waals surface area (Å²) in [6.07, 6.45) is 3.15. The highest BCUT2D eigenvalue weighted by Gasteiger charge is 2.19. The molecule has 2 rings (SSSR count). The van der Waals surface area contributed by atoms with Crippen LogP contribution in [0.25, 0.3) is 0 Å². The van der Waals surface area contributed by atoms with Crippen molar-refractivity contribution in [2.45, 2.75) is 26.4 Å². The lowest BCUT2D eigenvalue weighted by Gasteiger charge is -2.21. The number of aromatic nitrogens is 3. The number of hydrogen-bond acceptors (Lipinski definition) is 4. The van der Waals surface area contributed by atoms with E-state index in [-0.39, 0.29) is 11.9 Å². The molecule has 0 aliphatic carbocycles. The van der Waals surface area contributed by atoms with Gasteiger partial charge < -0.3 is 5.32 Å². The first-order valence-electron chi connectivity index (χ1n) is 5.93. The van der Waals surface area contributed by atoms with Crippen molar-refractivity contribution in [2.75, 3.05) is 0 Å². The third-order valence-electron chi connectivity index (χ3n) is 2.76. The molecule has 2 aromatic heterocycles. The predicted octanol–water partition coefficient (Wildman–Crippen LogP) is 2.56. The summed E-state index contributed by atoms with van der Waals surface area (Å²) < 4.78 is 2.66. The van der Waals surface area contributed by atoms with E-state index in [2.05, 4.69) is 45.2 Å². The first-order chi connectivity index (χ1) is 9.06. The molecule has 0 aromatic carbocycles. The quantitative estimate of drug-likeness (QED) is 0.908. The molecule has 102 valence electrons. The number of halogens is 1. The Kier molecular flexibility index (Phi) is 4.71. The van der Waals surface area contributed by atoms with E-state index in [1.165, 1.54) is 17.7 Å². The molecule has 0 unspecified atom stereocenters. The molecule has 19 heavy (non-hydrogen) atoms. The fourth-order valence-electron chi connectivity index (χ4n) is 1.62. The van der Waals surface area contributed by atoms with Gasteiger partial charge in [-0.15, -0.1) is 11.3 Å². The maximum atomic E-state index is 12.1. The van der Waals surface area contributed by atoms with E-state index >= 15 is 0 Å². The zero-order valence-electron chi connectivity index (χ0n) is 10.7. The molecule has 0 saturated heterocycles. The number of nitrogens with one attached hydrogen (secondary N) is 1. The number of rotatable bonds is 5. The zero-order chi connectivity index (χ0) is 13.8. The fraction of sp³-hybridized carbons (Fsp3) is 0.417. The molecule has 2 aromatic rings. The summed E-state index contributed by atoms with van der Waals surface area (Å²) in [4.78, 5) is 16.7. The molecule has 7 heteroatoms. The minimum absolute atomic E-state index is 0.0232. The molecule has 1 atom stereocenters. The van der Waals surface area contributed by atoms with Crippen molar-refractivity contribution in [2.24, 2.45) is 5.92 Å². The lowest BCUT2D eigenvalue weighted by Crippen LogP contribution is -2.41.